The van der Waals surface area contributed by atoms with Crippen LogP contribution in [0.15, 0.2) is 23.4 Å². The topological polar surface area (TPSA) is 122 Å². The third kappa shape index (κ3) is 4.13. The van der Waals surface area contributed by atoms with E-state index in [1.165, 1.54) is 32.4 Å². The van der Waals surface area contributed by atoms with Crippen molar-refractivity contribution in [2.75, 3.05) is 32.1 Å². The molecule has 0 aromatic carbocycles. The van der Waals surface area contributed by atoms with Gasteiger partial charge in [0, 0.05) is 26.8 Å². The van der Waals surface area contributed by atoms with Gasteiger partial charge in [-0.3, -0.25) is 0 Å². The van der Waals surface area contributed by atoms with Crippen molar-refractivity contribution < 1.29 is 16.8 Å². The number of hydrogen-bond acceptors (Lipinski definition) is 6. The lowest BCUT2D eigenvalue weighted by Crippen LogP contribution is -2.34. The van der Waals surface area contributed by atoms with Crippen LogP contribution in [0.4, 0.5) is 5.69 Å². The molecular formula is C9H16N4O4S2. The van der Waals surface area contributed by atoms with Crippen molar-refractivity contribution in [1.82, 2.24) is 14.0 Å². The minimum absolute atomic E-state index is 0.00506. The van der Waals surface area contributed by atoms with E-state index in [1.54, 1.807) is 0 Å². The first-order valence-electron chi connectivity index (χ1n) is 5.27. The molecule has 1 heterocycles. The van der Waals surface area contributed by atoms with Crippen molar-refractivity contribution in [3.8, 4) is 0 Å². The van der Waals surface area contributed by atoms with E-state index in [2.05, 4.69) is 9.71 Å². The highest BCUT2D eigenvalue weighted by atomic mass is 32.2. The molecule has 0 fully saturated rings. The summed E-state index contributed by atoms with van der Waals surface area (Å²) in [6.45, 7) is -0.251. The lowest BCUT2D eigenvalue weighted by Gasteiger charge is -2.12. The van der Waals surface area contributed by atoms with Gasteiger partial charge in [0.05, 0.1) is 11.4 Å². The largest absolute Gasteiger partial charge is 0.396 e. The zero-order valence-electron chi connectivity index (χ0n) is 10.6. The Morgan fingerprint density at radius 3 is 2.47 bits per heavy atom. The van der Waals surface area contributed by atoms with Crippen LogP contribution < -0.4 is 10.5 Å². The molecular weight excluding hydrogens is 292 g/mol. The Kier molecular flexibility index (Phi) is 4.85. The standard InChI is InChI=1S/C9H16N4O4S2/c1-13(2)18(14,15)7-6-12-19(16,17)9-8(10)4-3-5-11-9/h3-5,12H,6-7,10H2,1-2H3. The van der Waals surface area contributed by atoms with Gasteiger partial charge in [0.15, 0.2) is 5.03 Å². The van der Waals surface area contributed by atoms with Crippen LogP contribution in [-0.4, -0.2) is 52.5 Å². The Balaban J connectivity index is 2.76. The van der Waals surface area contributed by atoms with E-state index in [0.29, 0.717) is 0 Å². The van der Waals surface area contributed by atoms with Gasteiger partial charge in [-0.15, -0.1) is 0 Å². The molecule has 0 atom stereocenters. The summed E-state index contributed by atoms with van der Waals surface area (Å²) in [5, 5.41) is -0.308. The minimum atomic E-state index is -3.91. The van der Waals surface area contributed by atoms with Gasteiger partial charge in [-0.2, -0.15) is 0 Å². The van der Waals surface area contributed by atoms with Crippen LogP contribution in [0, 0.1) is 0 Å². The lowest BCUT2D eigenvalue weighted by molar-refractivity contribution is 0.519. The molecule has 0 radical (unpaired) electrons. The minimum Gasteiger partial charge on any atom is -0.396 e. The lowest BCUT2D eigenvalue weighted by atomic mass is 10.4. The van der Waals surface area contributed by atoms with Gasteiger partial charge < -0.3 is 5.73 Å². The summed E-state index contributed by atoms with van der Waals surface area (Å²) in [7, 11) is -4.62. The quantitative estimate of drug-likeness (QED) is 0.683. The Labute approximate surface area is 112 Å². The van der Waals surface area contributed by atoms with E-state index in [-0.39, 0.29) is 23.0 Å². The fourth-order valence-electron chi connectivity index (χ4n) is 1.18. The van der Waals surface area contributed by atoms with Crippen molar-refractivity contribution in [2.45, 2.75) is 5.03 Å². The Morgan fingerprint density at radius 2 is 1.95 bits per heavy atom. The van der Waals surface area contributed by atoms with Gasteiger partial charge in [-0.1, -0.05) is 0 Å². The third-order valence-corrected chi connectivity index (χ3v) is 5.53. The first-order valence-corrected chi connectivity index (χ1v) is 8.36. The van der Waals surface area contributed by atoms with E-state index in [9.17, 15) is 16.8 Å². The van der Waals surface area contributed by atoms with E-state index in [4.69, 9.17) is 5.73 Å². The number of nitrogen functional groups attached to an aromatic ring is 1. The number of hydrogen-bond donors (Lipinski definition) is 2. The van der Waals surface area contributed by atoms with Crippen molar-refractivity contribution in [3.05, 3.63) is 18.3 Å². The van der Waals surface area contributed by atoms with Gasteiger partial charge in [0.2, 0.25) is 10.0 Å². The van der Waals surface area contributed by atoms with Crippen LogP contribution in [0.3, 0.4) is 0 Å². The van der Waals surface area contributed by atoms with Gasteiger partial charge in [0.25, 0.3) is 10.0 Å². The van der Waals surface area contributed by atoms with E-state index in [0.717, 1.165) is 4.31 Å². The molecule has 0 saturated carbocycles. The molecule has 0 bridgehead atoms. The molecule has 0 spiro atoms. The summed E-state index contributed by atoms with van der Waals surface area (Å²) >= 11 is 0. The highest BCUT2D eigenvalue weighted by Gasteiger charge is 2.20. The number of aromatic nitrogens is 1. The zero-order valence-corrected chi connectivity index (χ0v) is 12.2. The summed E-state index contributed by atoms with van der Waals surface area (Å²) in [5.41, 5.74) is 5.51. The SMILES string of the molecule is CN(C)S(=O)(=O)CCNS(=O)(=O)c1ncccc1N. The zero-order chi connectivity index (χ0) is 14.7. The molecule has 108 valence electrons. The number of sulfonamides is 2. The highest BCUT2D eigenvalue weighted by molar-refractivity contribution is 7.90. The van der Waals surface area contributed by atoms with Crippen molar-refractivity contribution in [3.63, 3.8) is 0 Å². The summed E-state index contributed by atoms with van der Waals surface area (Å²) in [5.74, 6) is -0.341. The van der Waals surface area contributed by atoms with Crippen LogP contribution in [0.25, 0.3) is 0 Å². The maximum atomic E-state index is 11.8. The predicted molar refractivity (Wildman–Crippen MR) is 71.3 cm³/mol. The summed E-state index contributed by atoms with van der Waals surface area (Å²) < 4.78 is 49.8. The summed E-state index contributed by atoms with van der Waals surface area (Å²) in [4.78, 5) is 3.66. The first-order chi connectivity index (χ1) is 8.67. The molecule has 0 unspecified atom stereocenters. The number of nitrogens with one attached hydrogen (secondary N) is 1. The van der Waals surface area contributed by atoms with Gasteiger partial charge in [-0.05, 0) is 12.1 Å². The van der Waals surface area contributed by atoms with Crippen molar-refractivity contribution in [2.24, 2.45) is 0 Å². The monoisotopic (exact) mass is 308 g/mol. The van der Waals surface area contributed by atoms with Crippen molar-refractivity contribution in [1.29, 1.82) is 0 Å². The fraction of sp³-hybridized carbons (Fsp3) is 0.444. The number of rotatable bonds is 6. The summed E-state index contributed by atoms with van der Waals surface area (Å²) in [6, 6.07) is 2.91. The molecule has 1 rings (SSSR count). The molecule has 0 aliphatic heterocycles. The Bertz CT molecular complexity index is 640. The Hall–Kier alpha value is -1.23. The van der Waals surface area contributed by atoms with Gasteiger partial charge >= 0.3 is 0 Å². The molecule has 19 heavy (non-hydrogen) atoms. The molecule has 0 aliphatic carbocycles. The molecule has 1 aromatic heterocycles. The molecule has 10 heteroatoms. The molecule has 0 aliphatic rings. The number of anilines is 1. The first kappa shape index (κ1) is 15.8. The van der Waals surface area contributed by atoms with Crippen LogP contribution in [0.2, 0.25) is 0 Å². The molecule has 8 nitrogen and oxygen atoms in total. The van der Waals surface area contributed by atoms with Crippen LogP contribution in [0.5, 0.6) is 0 Å². The average Bonchev–Trinajstić information content (AvgIpc) is 2.28. The third-order valence-electron chi connectivity index (χ3n) is 2.26. The van der Waals surface area contributed by atoms with Crippen LogP contribution in [-0.2, 0) is 20.0 Å². The van der Waals surface area contributed by atoms with E-state index >= 15 is 0 Å². The molecule has 0 saturated heterocycles. The average molecular weight is 308 g/mol. The van der Waals surface area contributed by atoms with E-state index < -0.39 is 20.0 Å². The maximum Gasteiger partial charge on any atom is 0.260 e. The van der Waals surface area contributed by atoms with Crippen molar-refractivity contribution >= 4 is 25.7 Å². The van der Waals surface area contributed by atoms with Gasteiger partial charge in [0.1, 0.15) is 0 Å². The second-order valence-electron chi connectivity index (χ2n) is 3.89. The fourth-order valence-corrected chi connectivity index (χ4v) is 3.12. The number of pyridine rings is 1. The maximum absolute atomic E-state index is 11.8. The second-order valence-corrected chi connectivity index (χ2v) is 7.88. The number of nitrogens with two attached hydrogens (primary N) is 1. The van der Waals surface area contributed by atoms with Gasteiger partial charge in [-0.25, -0.2) is 30.8 Å². The highest BCUT2D eigenvalue weighted by Crippen LogP contribution is 2.13. The predicted octanol–water partition coefficient (Wildman–Crippen LogP) is -1.17. The second kappa shape index (κ2) is 5.82. The van der Waals surface area contributed by atoms with Crippen LogP contribution >= 0.6 is 0 Å². The normalized spacial score (nSPS) is 12.8. The van der Waals surface area contributed by atoms with Crippen LogP contribution in [0.1, 0.15) is 0 Å². The van der Waals surface area contributed by atoms with E-state index in [1.807, 2.05) is 0 Å². The Morgan fingerprint density at radius 1 is 1.32 bits per heavy atom. The summed E-state index contributed by atoms with van der Waals surface area (Å²) in [6.07, 6.45) is 1.29. The molecule has 3 N–H and O–H groups in total. The molecule has 0 amide bonds. The smallest absolute Gasteiger partial charge is 0.260 e. The number of nitrogens with zero attached hydrogens (tertiary/aromatic N) is 2. The molecule has 1 aromatic rings.